The lowest BCUT2D eigenvalue weighted by atomic mass is 10.1. The third-order valence-corrected chi connectivity index (χ3v) is 4.36. The summed E-state index contributed by atoms with van der Waals surface area (Å²) in [5.41, 5.74) is 0.346. The molecule has 1 atom stereocenters. The summed E-state index contributed by atoms with van der Waals surface area (Å²) < 4.78 is 20.0. The number of rotatable bonds is 3. The van der Waals surface area contributed by atoms with Gasteiger partial charge in [0, 0.05) is 11.4 Å². The molecule has 2 nitrogen and oxygen atoms in total. The van der Waals surface area contributed by atoms with Gasteiger partial charge in [-0.15, -0.1) is 0 Å². The molecule has 0 radical (unpaired) electrons. The highest BCUT2D eigenvalue weighted by atomic mass is 79.9. The minimum atomic E-state index is -0.930. The highest BCUT2D eigenvalue weighted by Gasteiger charge is 2.17. The number of aliphatic hydroxyl groups is 1. The van der Waals surface area contributed by atoms with Gasteiger partial charge in [-0.3, -0.25) is 0 Å². The Hall–Kier alpha value is -0.360. The molecule has 18 heavy (non-hydrogen) atoms. The predicted octanol–water partition coefficient (Wildman–Crippen LogP) is 4.87. The molecule has 0 spiro atoms. The van der Waals surface area contributed by atoms with Crippen LogP contribution in [-0.4, -0.2) is 5.11 Å². The van der Waals surface area contributed by atoms with Gasteiger partial charge in [0.15, 0.2) is 4.67 Å². The van der Waals surface area contributed by atoms with E-state index in [-0.39, 0.29) is 6.42 Å². The monoisotopic (exact) mass is 396 g/mol. The van der Waals surface area contributed by atoms with Gasteiger partial charge in [0.1, 0.15) is 17.7 Å². The van der Waals surface area contributed by atoms with Crippen molar-refractivity contribution < 1.29 is 13.9 Å². The first kappa shape index (κ1) is 14.1. The first-order valence-corrected chi connectivity index (χ1v) is 7.00. The molecule has 0 fully saturated rings. The number of halogens is 4. The maximum Gasteiger partial charge on any atom is 0.183 e. The van der Waals surface area contributed by atoms with Crippen LogP contribution in [0.15, 0.2) is 37.8 Å². The van der Waals surface area contributed by atoms with E-state index in [0.717, 1.165) is 0 Å². The molecular weight excluding hydrogens is 390 g/mol. The van der Waals surface area contributed by atoms with Crippen LogP contribution in [0.1, 0.15) is 17.4 Å². The highest BCUT2D eigenvalue weighted by molar-refractivity contribution is 9.13. The van der Waals surface area contributed by atoms with Crippen LogP contribution in [0, 0.1) is 5.82 Å². The molecule has 0 aliphatic heterocycles. The van der Waals surface area contributed by atoms with Crippen LogP contribution in [0.4, 0.5) is 4.39 Å². The van der Waals surface area contributed by atoms with Crippen molar-refractivity contribution in [1.29, 1.82) is 0 Å². The fraction of sp³-hybridized carbons (Fsp3) is 0.167. The maximum absolute atomic E-state index is 13.5. The Balaban J connectivity index is 2.20. The molecule has 96 valence electrons. The highest BCUT2D eigenvalue weighted by Crippen LogP contribution is 2.31. The van der Waals surface area contributed by atoms with Crippen molar-refractivity contribution in [3.8, 4) is 0 Å². The fourth-order valence-corrected chi connectivity index (χ4v) is 2.34. The Labute approximate surface area is 125 Å². The normalized spacial score (nSPS) is 12.7. The lowest BCUT2D eigenvalue weighted by Gasteiger charge is -2.08. The summed E-state index contributed by atoms with van der Waals surface area (Å²) in [6.07, 6.45) is -0.834. The van der Waals surface area contributed by atoms with Crippen molar-refractivity contribution in [2.24, 2.45) is 0 Å². The van der Waals surface area contributed by atoms with E-state index in [1.54, 1.807) is 6.07 Å². The average Bonchev–Trinajstić information content (AvgIpc) is 2.64. The van der Waals surface area contributed by atoms with E-state index in [4.69, 9.17) is 16.0 Å². The Morgan fingerprint density at radius 1 is 1.33 bits per heavy atom. The second-order valence-electron chi connectivity index (χ2n) is 3.73. The van der Waals surface area contributed by atoms with Gasteiger partial charge in [-0.25, -0.2) is 4.39 Å². The lowest BCUT2D eigenvalue weighted by Crippen LogP contribution is -2.02. The Morgan fingerprint density at radius 3 is 2.67 bits per heavy atom. The summed E-state index contributed by atoms with van der Waals surface area (Å²) in [7, 11) is 0. The molecule has 1 heterocycles. The Morgan fingerprint density at radius 2 is 2.06 bits per heavy atom. The fourth-order valence-electron chi connectivity index (χ4n) is 1.54. The van der Waals surface area contributed by atoms with Crippen LogP contribution in [0.5, 0.6) is 0 Å². The summed E-state index contributed by atoms with van der Waals surface area (Å²) in [5, 5.41) is 10.4. The number of hydrogen-bond acceptors (Lipinski definition) is 2. The lowest BCUT2D eigenvalue weighted by molar-refractivity contribution is 0.147. The molecular formula is C12H8Br2ClFO2. The number of hydrogen-bond donors (Lipinski definition) is 1. The number of furan rings is 1. The van der Waals surface area contributed by atoms with E-state index >= 15 is 0 Å². The van der Waals surface area contributed by atoms with Gasteiger partial charge in [-0.05, 0) is 61.7 Å². The molecule has 0 aliphatic rings. The van der Waals surface area contributed by atoms with E-state index in [1.807, 2.05) is 0 Å². The van der Waals surface area contributed by atoms with E-state index in [1.165, 1.54) is 18.2 Å². The molecule has 0 aliphatic carbocycles. The van der Waals surface area contributed by atoms with Gasteiger partial charge >= 0.3 is 0 Å². The van der Waals surface area contributed by atoms with Crippen LogP contribution >= 0.6 is 43.5 Å². The molecule has 0 bridgehead atoms. The molecule has 1 N–H and O–H groups in total. The van der Waals surface area contributed by atoms with Gasteiger partial charge in [-0.2, -0.15) is 0 Å². The molecule has 2 rings (SSSR count). The second kappa shape index (κ2) is 5.74. The topological polar surface area (TPSA) is 33.4 Å². The maximum atomic E-state index is 13.5. The molecule has 0 amide bonds. The minimum Gasteiger partial charge on any atom is -0.450 e. The summed E-state index contributed by atoms with van der Waals surface area (Å²) in [6.45, 7) is 0. The minimum absolute atomic E-state index is 0.0960. The van der Waals surface area contributed by atoms with Crippen molar-refractivity contribution in [3.63, 3.8) is 0 Å². The van der Waals surface area contributed by atoms with Gasteiger partial charge in [0.2, 0.25) is 0 Å². The molecule has 0 saturated heterocycles. The van der Waals surface area contributed by atoms with E-state index in [0.29, 0.717) is 25.5 Å². The summed E-state index contributed by atoms with van der Waals surface area (Å²) >= 11 is 12.2. The van der Waals surface area contributed by atoms with Crippen LogP contribution in [-0.2, 0) is 6.42 Å². The predicted molar refractivity (Wildman–Crippen MR) is 74.2 cm³/mol. The third-order valence-electron chi connectivity index (χ3n) is 2.41. The number of aliphatic hydroxyl groups excluding tert-OH is 1. The SMILES string of the molecule is OC(Cc1cc(Cl)ccc1F)c1cc(Br)c(Br)o1. The van der Waals surface area contributed by atoms with Crippen molar-refractivity contribution in [1.82, 2.24) is 0 Å². The van der Waals surface area contributed by atoms with Crippen molar-refractivity contribution in [2.75, 3.05) is 0 Å². The zero-order valence-electron chi connectivity index (χ0n) is 8.96. The molecule has 0 saturated carbocycles. The van der Waals surface area contributed by atoms with E-state index < -0.39 is 11.9 Å². The molecule has 2 aromatic rings. The molecule has 1 aromatic carbocycles. The van der Waals surface area contributed by atoms with Gasteiger partial charge < -0.3 is 9.52 Å². The van der Waals surface area contributed by atoms with Crippen LogP contribution in [0.3, 0.4) is 0 Å². The van der Waals surface area contributed by atoms with E-state index in [9.17, 15) is 9.50 Å². The molecule has 1 unspecified atom stereocenters. The van der Waals surface area contributed by atoms with Crippen LogP contribution in [0.25, 0.3) is 0 Å². The number of benzene rings is 1. The average molecular weight is 398 g/mol. The van der Waals surface area contributed by atoms with Crippen molar-refractivity contribution >= 4 is 43.5 Å². The zero-order valence-corrected chi connectivity index (χ0v) is 12.9. The summed E-state index contributed by atoms with van der Waals surface area (Å²) in [4.78, 5) is 0. The third kappa shape index (κ3) is 3.15. The summed E-state index contributed by atoms with van der Waals surface area (Å²) in [5.74, 6) is -0.0451. The quantitative estimate of drug-likeness (QED) is 0.800. The zero-order chi connectivity index (χ0) is 13.3. The second-order valence-corrected chi connectivity index (χ2v) is 5.74. The van der Waals surface area contributed by atoms with Crippen LogP contribution in [0.2, 0.25) is 5.02 Å². The van der Waals surface area contributed by atoms with Gasteiger partial charge in [-0.1, -0.05) is 11.6 Å². The van der Waals surface area contributed by atoms with Crippen molar-refractivity contribution in [3.05, 3.63) is 55.6 Å². The van der Waals surface area contributed by atoms with Crippen LogP contribution < -0.4 is 0 Å². The van der Waals surface area contributed by atoms with E-state index in [2.05, 4.69) is 31.9 Å². The summed E-state index contributed by atoms with van der Waals surface area (Å²) in [6, 6.07) is 5.87. The van der Waals surface area contributed by atoms with Gasteiger partial charge in [0.05, 0.1) is 4.47 Å². The Kier molecular flexibility index (Phi) is 4.48. The smallest absolute Gasteiger partial charge is 0.183 e. The van der Waals surface area contributed by atoms with Gasteiger partial charge in [0.25, 0.3) is 0 Å². The first-order chi connectivity index (χ1) is 8.47. The largest absolute Gasteiger partial charge is 0.450 e. The molecule has 1 aromatic heterocycles. The standard InChI is InChI=1S/C12H8Br2ClFO2/c13-8-5-11(18-12(8)14)10(17)4-6-3-7(15)1-2-9(6)16/h1-3,5,10,17H,4H2. The van der Waals surface area contributed by atoms with Crippen molar-refractivity contribution in [2.45, 2.75) is 12.5 Å². The Bertz CT molecular complexity index is 552. The molecule has 6 heteroatoms. The first-order valence-electron chi connectivity index (χ1n) is 5.04.